The SMILES string of the molecule is COC[C@H]1O[C@H]2C[C@H]3O[C@H]4C[C@@H](OC(C)=O)[C@H](COCc5ccccc5)O[C@@H]4C[C@@H]3O[C@@H]2C[C@]1(C)O. The minimum atomic E-state index is -1.03. The molecule has 4 aliphatic rings. The molecule has 0 spiro atoms. The summed E-state index contributed by atoms with van der Waals surface area (Å²) in [6, 6.07) is 9.93. The zero-order valence-electron chi connectivity index (χ0n) is 21.2. The molecule has 0 saturated carbocycles. The van der Waals surface area contributed by atoms with Crippen molar-refractivity contribution in [2.24, 2.45) is 0 Å². The summed E-state index contributed by atoms with van der Waals surface area (Å²) < 4.78 is 42.3. The number of methoxy groups -OCH3 is 1. The summed E-state index contributed by atoms with van der Waals surface area (Å²) in [5.41, 5.74) is 0.0459. The van der Waals surface area contributed by atoms with Gasteiger partial charge >= 0.3 is 5.97 Å². The van der Waals surface area contributed by atoms with E-state index < -0.39 is 17.8 Å². The van der Waals surface area contributed by atoms with Crippen LogP contribution < -0.4 is 0 Å². The van der Waals surface area contributed by atoms with Gasteiger partial charge in [0, 0.05) is 39.7 Å². The quantitative estimate of drug-likeness (QED) is 0.558. The Labute approximate surface area is 212 Å². The number of ether oxygens (including phenoxy) is 7. The van der Waals surface area contributed by atoms with E-state index in [1.54, 1.807) is 14.0 Å². The predicted octanol–water partition coefficient (Wildman–Crippen LogP) is 2.16. The first-order chi connectivity index (χ1) is 17.3. The van der Waals surface area contributed by atoms with Gasteiger partial charge in [0.1, 0.15) is 18.3 Å². The van der Waals surface area contributed by atoms with Gasteiger partial charge in [0.2, 0.25) is 0 Å². The van der Waals surface area contributed by atoms with Crippen LogP contribution in [0.4, 0.5) is 0 Å². The van der Waals surface area contributed by atoms with Crippen molar-refractivity contribution < 1.29 is 43.1 Å². The van der Waals surface area contributed by atoms with Crippen LogP contribution >= 0.6 is 0 Å². The molecule has 0 amide bonds. The van der Waals surface area contributed by atoms with Crippen molar-refractivity contribution in [2.75, 3.05) is 20.3 Å². The Kier molecular flexibility index (Phi) is 7.98. The van der Waals surface area contributed by atoms with E-state index >= 15 is 0 Å². The Balaban J connectivity index is 1.22. The van der Waals surface area contributed by atoms with Crippen molar-refractivity contribution in [3.63, 3.8) is 0 Å². The standard InChI is InChI=1S/C27H38O9/c1-16(28)32-23-11-19-21(35-25(23)14-31-13-17-7-5-4-6-8-17)9-20-18(33-19)10-22-24(34-20)12-27(2,29)26(36-22)15-30-3/h4-8,18-26,29H,9-15H2,1-3H3/t18-,19+,20+,21-,22+,23-,24-,25+,26-,27+/m1/s1. The Morgan fingerprint density at radius 2 is 1.58 bits per heavy atom. The lowest BCUT2D eigenvalue weighted by molar-refractivity contribution is -0.315. The van der Waals surface area contributed by atoms with Crippen molar-refractivity contribution in [1.29, 1.82) is 0 Å². The van der Waals surface area contributed by atoms with E-state index in [-0.39, 0.29) is 48.7 Å². The normalized spacial score (nSPS) is 42.1. The van der Waals surface area contributed by atoms with Gasteiger partial charge < -0.3 is 38.3 Å². The molecule has 5 rings (SSSR count). The zero-order valence-corrected chi connectivity index (χ0v) is 21.2. The Bertz CT molecular complexity index is 877. The van der Waals surface area contributed by atoms with Gasteiger partial charge in [-0.05, 0) is 12.5 Å². The van der Waals surface area contributed by atoms with Crippen LogP contribution in [0.5, 0.6) is 0 Å². The molecular weight excluding hydrogens is 468 g/mol. The summed E-state index contributed by atoms with van der Waals surface area (Å²) in [7, 11) is 1.60. The molecule has 1 aromatic carbocycles. The summed E-state index contributed by atoms with van der Waals surface area (Å²) in [6.45, 7) is 4.27. The van der Waals surface area contributed by atoms with Crippen molar-refractivity contribution in [3.05, 3.63) is 35.9 Å². The van der Waals surface area contributed by atoms with Crippen LogP contribution in [0.2, 0.25) is 0 Å². The van der Waals surface area contributed by atoms with Crippen LogP contribution in [0.3, 0.4) is 0 Å². The molecule has 9 heteroatoms. The number of carbonyl (C=O) groups is 1. The number of benzene rings is 1. The largest absolute Gasteiger partial charge is 0.460 e. The first kappa shape index (κ1) is 26.0. The molecule has 1 aromatic rings. The minimum Gasteiger partial charge on any atom is -0.460 e. The van der Waals surface area contributed by atoms with E-state index in [1.807, 2.05) is 30.3 Å². The van der Waals surface area contributed by atoms with Gasteiger partial charge in [-0.1, -0.05) is 30.3 Å². The first-order valence-corrected chi connectivity index (χ1v) is 12.9. The van der Waals surface area contributed by atoms with E-state index in [4.69, 9.17) is 33.2 Å². The second kappa shape index (κ2) is 11.0. The van der Waals surface area contributed by atoms with Gasteiger partial charge in [-0.25, -0.2) is 0 Å². The van der Waals surface area contributed by atoms with Crippen molar-refractivity contribution >= 4 is 5.97 Å². The van der Waals surface area contributed by atoms with Crippen LogP contribution in [-0.2, 0) is 44.6 Å². The first-order valence-electron chi connectivity index (χ1n) is 12.9. The van der Waals surface area contributed by atoms with Crippen LogP contribution in [-0.4, -0.2) is 91.9 Å². The maximum Gasteiger partial charge on any atom is 0.302 e. The summed E-state index contributed by atoms with van der Waals surface area (Å²) in [6.07, 6.45) is 0.0560. The third-order valence-electron chi connectivity index (χ3n) is 7.78. The number of hydrogen-bond donors (Lipinski definition) is 1. The van der Waals surface area contributed by atoms with E-state index in [2.05, 4.69) is 0 Å². The smallest absolute Gasteiger partial charge is 0.302 e. The maximum atomic E-state index is 11.8. The Morgan fingerprint density at radius 3 is 2.28 bits per heavy atom. The third-order valence-corrected chi connectivity index (χ3v) is 7.78. The summed E-state index contributed by atoms with van der Waals surface area (Å²) in [5, 5.41) is 10.9. The van der Waals surface area contributed by atoms with Gasteiger partial charge in [0.15, 0.2) is 0 Å². The predicted molar refractivity (Wildman–Crippen MR) is 127 cm³/mol. The van der Waals surface area contributed by atoms with E-state index in [0.29, 0.717) is 45.5 Å². The average molecular weight is 507 g/mol. The monoisotopic (exact) mass is 506 g/mol. The number of carbonyl (C=O) groups excluding carboxylic acids is 1. The summed E-state index contributed by atoms with van der Waals surface area (Å²) >= 11 is 0. The third kappa shape index (κ3) is 5.78. The van der Waals surface area contributed by atoms with Crippen LogP contribution in [0, 0.1) is 0 Å². The molecule has 4 saturated heterocycles. The van der Waals surface area contributed by atoms with E-state index in [0.717, 1.165) is 5.56 Å². The highest BCUT2D eigenvalue weighted by Gasteiger charge is 2.54. The fourth-order valence-corrected chi connectivity index (χ4v) is 5.96. The van der Waals surface area contributed by atoms with Gasteiger partial charge in [0.05, 0.1) is 62.0 Å². The van der Waals surface area contributed by atoms with Crippen LogP contribution in [0.15, 0.2) is 30.3 Å². The number of hydrogen-bond acceptors (Lipinski definition) is 9. The average Bonchev–Trinajstić information content (AvgIpc) is 2.83. The molecule has 0 unspecified atom stereocenters. The molecule has 10 atom stereocenters. The van der Waals surface area contributed by atoms with E-state index in [1.165, 1.54) is 6.92 Å². The Hall–Kier alpha value is -1.59. The molecule has 4 heterocycles. The number of esters is 1. The van der Waals surface area contributed by atoms with Gasteiger partial charge in [-0.15, -0.1) is 0 Å². The molecular formula is C27H38O9. The molecule has 9 nitrogen and oxygen atoms in total. The Morgan fingerprint density at radius 1 is 0.944 bits per heavy atom. The van der Waals surface area contributed by atoms with Crippen LogP contribution in [0.1, 0.15) is 45.1 Å². The molecule has 200 valence electrons. The molecule has 4 aliphatic heterocycles. The molecule has 36 heavy (non-hydrogen) atoms. The second-order valence-corrected chi connectivity index (χ2v) is 10.7. The van der Waals surface area contributed by atoms with Crippen molar-refractivity contribution in [3.8, 4) is 0 Å². The fraction of sp³-hybridized carbons (Fsp3) is 0.741. The molecule has 0 bridgehead atoms. The van der Waals surface area contributed by atoms with E-state index in [9.17, 15) is 9.90 Å². The highest BCUT2D eigenvalue weighted by Crippen LogP contribution is 2.43. The lowest BCUT2D eigenvalue weighted by atomic mass is 9.81. The number of rotatable bonds is 7. The summed E-state index contributed by atoms with van der Waals surface area (Å²) in [5.74, 6) is -0.348. The van der Waals surface area contributed by atoms with Gasteiger partial charge in [0.25, 0.3) is 0 Å². The van der Waals surface area contributed by atoms with Gasteiger partial charge in [-0.3, -0.25) is 4.79 Å². The van der Waals surface area contributed by atoms with Gasteiger partial charge in [-0.2, -0.15) is 0 Å². The lowest BCUT2D eigenvalue weighted by Crippen LogP contribution is -2.64. The zero-order chi connectivity index (χ0) is 25.3. The molecule has 1 N–H and O–H groups in total. The van der Waals surface area contributed by atoms with Crippen molar-refractivity contribution in [1.82, 2.24) is 0 Å². The molecule has 4 fully saturated rings. The van der Waals surface area contributed by atoms with Crippen molar-refractivity contribution in [2.45, 2.75) is 107 Å². The fourth-order valence-electron chi connectivity index (χ4n) is 5.96. The highest BCUT2D eigenvalue weighted by atomic mass is 16.6. The summed E-state index contributed by atoms with van der Waals surface area (Å²) in [4.78, 5) is 11.8. The molecule has 0 radical (unpaired) electrons. The topological polar surface area (TPSA) is 102 Å². The highest BCUT2D eigenvalue weighted by molar-refractivity contribution is 5.66. The number of aliphatic hydroxyl groups is 1. The second-order valence-electron chi connectivity index (χ2n) is 10.7. The van der Waals surface area contributed by atoms with Crippen LogP contribution in [0.25, 0.3) is 0 Å². The lowest BCUT2D eigenvalue weighted by Gasteiger charge is -2.54. The number of fused-ring (bicyclic) bond motifs is 3. The maximum absolute atomic E-state index is 11.8. The molecule has 0 aromatic heterocycles. The minimum absolute atomic E-state index is 0.147. The molecule has 0 aliphatic carbocycles.